The number of rotatable bonds is 7. The minimum atomic E-state index is -0.280. The van der Waals surface area contributed by atoms with Gasteiger partial charge in [0.25, 0.3) is 0 Å². The van der Waals surface area contributed by atoms with Gasteiger partial charge in [-0.2, -0.15) is 0 Å². The second kappa shape index (κ2) is 10.5. The summed E-state index contributed by atoms with van der Waals surface area (Å²) >= 11 is 0. The van der Waals surface area contributed by atoms with Crippen LogP contribution >= 0.6 is 0 Å². The normalized spacial score (nSPS) is 10.6. The Balaban J connectivity index is 1.79. The van der Waals surface area contributed by atoms with Crippen molar-refractivity contribution in [2.45, 2.75) is 25.8 Å². The van der Waals surface area contributed by atoms with Crippen LogP contribution in [0.4, 0.5) is 4.39 Å². The van der Waals surface area contributed by atoms with Gasteiger partial charge in [-0.3, -0.25) is 4.98 Å². The van der Waals surface area contributed by atoms with Crippen molar-refractivity contribution in [2.75, 3.05) is 6.61 Å². The zero-order valence-corrected chi connectivity index (χ0v) is 17.7. The average molecular weight is 426 g/mol. The van der Waals surface area contributed by atoms with Crippen molar-refractivity contribution in [1.82, 2.24) is 14.5 Å². The second-order valence-corrected chi connectivity index (χ2v) is 7.39. The van der Waals surface area contributed by atoms with Crippen LogP contribution in [0.3, 0.4) is 0 Å². The third kappa shape index (κ3) is 5.11. The molecule has 0 saturated heterocycles. The number of nitrogens with zero attached hydrogens (tertiary/aromatic N) is 3. The fourth-order valence-electron chi connectivity index (χ4n) is 3.66. The molecule has 0 radical (unpaired) electrons. The summed E-state index contributed by atoms with van der Waals surface area (Å²) in [4.78, 5) is 8.98. The molecule has 0 amide bonds. The molecule has 4 aromatic rings. The third-order valence-electron chi connectivity index (χ3n) is 5.17. The van der Waals surface area contributed by atoms with E-state index in [9.17, 15) is 4.39 Å². The molecule has 2 aromatic carbocycles. The third-order valence-corrected chi connectivity index (χ3v) is 5.17. The Kier molecular flexibility index (Phi) is 7.06. The Labute approximate surface area is 187 Å². The summed E-state index contributed by atoms with van der Waals surface area (Å²) in [5.74, 6) is 6.48. The van der Waals surface area contributed by atoms with E-state index in [4.69, 9.17) is 10.1 Å². The molecule has 0 spiro atoms. The lowest BCUT2D eigenvalue weighted by atomic mass is 10.0. The van der Waals surface area contributed by atoms with Crippen LogP contribution < -0.4 is 0 Å². The number of imidazole rings is 1. The van der Waals surface area contributed by atoms with E-state index in [1.165, 1.54) is 17.7 Å². The van der Waals surface area contributed by atoms with Crippen molar-refractivity contribution in [3.8, 4) is 34.4 Å². The van der Waals surface area contributed by atoms with Crippen molar-refractivity contribution >= 4 is 0 Å². The molecule has 32 heavy (non-hydrogen) atoms. The minimum Gasteiger partial charge on any atom is -0.395 e. The van der Waals surface area contributed by atoms with Crippen LogP contribution in [0.15, 0.2) is 79.1 Å². The zero-order chi connectivity index (χ0) is 22.2. The molecule has 0 atom stereocenters. The maximum atomic E-state index is 13.7. The highest BCUT2D eigenvalue weighted by Gasteiger charge is 2.19. The number of pyridine rings is 1. The Hall–Kier alpha value is -3.75. The Morgan fingerprint density at radius 2 is 1.66 bits per heavy atom. The molecular weight excluding hydrogens is 401 g/mol. The number of aliphatic hydroxyl groups is 1. The molecule has 0 aliphatic heterocycles. The fourth-order valence-corrected chi connectivity index (χ4v) is 3.66. The monoisotopic (exact) mass is 425 g/mol. The van der Waals surface area contributed by atoms with Gasteiger partial charge < -0.3 is 9.67 Å². The Morgan fingerprint density at radius 1 is 0.906 bits per heavy atom. The smallest absolute Gasteiger partial charge is 0.186 e. The first-order valence-electron chi connectivity index (χ1n) is 10.7. The van der Waals surface area contributed by atoms with Crippen LogP contribution in [-0.4, -0.2) is 26.2 Å². The van der Waals surface area contributed by atoms with Crippen molar-refractivity contribution in [1.29, 1.82) is 0 Å². The van der Waals surface area contributed by atoms with Gasteiger partial charge in [0.15, 0.2) is 5.82 Å². The summed E-state index contributed by atoms with van der Waals surface area (Å²) < 4.78 is 15.8. The highest BCUT2D eigenvalue weighted by Crippen LogP contribution is 2.33. The first-order valence-corrected chi connectivity index (χ1v) is 10.7. The maximum absolute atomic E-state index is 13.7. The van der Waals surface area contributed by atoms with E-state index < -0.39 is 0 Å². The Bertz CT molecular complexity index is 1210. The predicted octanol–water partition coefficient (Wildman–Crippen LogP) is 5.12. The lowest BCUT2D eigenvalue weighted by Gasteiger charge is -2.12. The molecule has 0 bridgehead atoms. The van der Waals surface area contributed by atoms with Gasteiger partial charge in [-0.05, 0) is 60.7 Å². The summed E-state index contributed by atoms with van der Waals surface area (Å²) in [6, 6.07) is 20.6. The average Bonchev–Trinajstić information content (AvgIpc) is 3.19. The SMILES string of the molecule is OCCC#Cc1nc(-c2ccncc2)c(-c2ccc(F)cc2)n1CCCc1ccccc1. The molecule has 5 heteroatoms. The van der Waals surface area contributed by atoms with Gasteiger partial charge in [0, 0.05) is 36.5 Å². The van der Waals surface area contributed by atoms with Crippen LogP contribution in [0, 0.1) is 17.7 Å². The molecule has 1 N–H and O–H groups in total. The molecule has 2 aromatic heterocycles. The predicted molar refractivity (Wildman–Crippen MR) is 124 cm³/mol. The van der Waals surface area contributed by atoms with Crippen LogP contribution in [0.5, 0.6) is 0 Å². The molecule has 4 rings (SSSR count). The van der Waals surface area contributed by atoms with E-state index in [0.717, 1.165) is 35.4 Å². The van der Waals surface area contributed by atoms with E-state index >= 15 is 0 Å². The lowest BCUT2D eigenvalue weighted by molar-refractivity contribution is 0.305. The van der Waals surface area contributed by atoms with Gasteiger partial charge in [0.2, 0.25) is 0 Å². The minimum absolute atomic E-state index is 0.00372. The number of aromatic nitrogens is 3. The van der Waals surface area contributed by atoms with E-state index in [1.54, 1.807) is 24.5 Å². The fraction of sp³-hybridized carbons (Fsp3) is 0.185. The van der Waals surface area contributed by atoms with Crippen molar-refractivity contribution in [2.24, 2.45) is 0 Å². The van der Waals surface area contributed by atoms with E-state index in [-0.39, 0.29) is 12.4 Å². The number of hydrogen-bond acceptors (Lipinski definition) is 3. The van der Waals surface area contributed by atoms with E-state index in [1.807, 2.05) is 30.3 Å². The van der Waals surface area contributed by atoms with Gasteiger partial charge >= 0.3 is 0 Å². The molecule has 0 unspecified atom stereocenters. The first-order chi connectivity index (χ1) is 15.8. The number of aryl methyl sites for hydroxylation is 1. The molecule has 0 aliphatic carbocycles. The standard InChI is InChI=1S/C27H24FN3O/c28-24-13-11-23(12-14-24)27-26(22-15-17-29-18-16-22)30-25(10-4-5-20-32)31(27)19-6-9-21-7-2-1-3-8-21/h1-3,7-8,11-18,32H,5-6,9,19-20H2. The maximum Gasteiger partial charge on any atom is 0.186 e. The molecule has 2 heterocycles. The molecule has 0 fully saturated rings. The number of hydrogen-bond donors (Lipinski definition) is 1. The van der Waals surface area contributed by atoms with Gasteiger partial charge in [-0.25, -0.2) is 9.37 Å². The molecule has 4 nitrogen and oxygen atoms in total. The van der Waals surface area contributed by atoms with Gasteiger partial charge in [-0.1, -0.05) is 36.3 Å². The van der Waals surface area contributed by atoms with Gasteiger partial charge in [0.1, 0.15) is 5.82 Å². The lowest BCUT2D eigenvalue weighted by Crippen LogP contribution is -2.05. The van der Waals surface area contributed by atoms with Crippen LogP contribution in [0.2, 0.25) is 0 Å². The summed E-state index contributed by atoms with van der Waals surface area (Å²) in [6.45, 7) is 0.715. The summed E-state index contributed by atoms with van der Waals surface area (Å²) in [7, 11) is 0. The summed E-state index contributed by atoms with van der Waals surface area (Å²) in [5, 5.41) is 9.15. The quantitative estimate of drug-likeness (QED) is 0.418. The topological polar surface area (TPSA) is 50.9 Å². The largest absolute Gasteiger partial charge is 0.395 e. The molecule has 0 aliphatic rings. The summed E-state index contributed by atoms with van der Waals surface area (Å²) in [5.41, 5.74) is 4.76. The van der Waals surface area contributed by atoms with Gasteiger partial charge in [0.05, 0.1) is 18.0 Å². The number of halogens is 1. The van der Waals surface area contributed by atoms with E-state index in [2.05, 4.69) is 33.5 Å². The van der Waals surface area contributed by atoms with Crippen molar-refractivity contribution in [3.63, 3.8) is 0 Å². The second-order valence-electron chi connectivity index (χ2n) is 7.39. The number of benzene rings is 2. The van der Waals surface area contributed by atoms with Crippen molar-refractivity contribution in [3.05, 3.63) is 96.3 Å². The first kappa shape index (κ1) is 21.5. The molecule has 0 saturated carbocycles. The van der Waals surface area contributed by atoms with Crippen LogP contribution in [0.1, 0.15) is 24.2 Å². The highest BCUT2D eigenvalue weighted by molar-refractivity contribution is 5.79. The summed E-state index contributed by atoms with van der Waals surface area (Å²) in [6.07, 6.45) is 5.67. The van der Waals surface area contributed by atoms with Crippen molar-refractivity contribution < 1.29 is 9.50 Å². The van der Waals surface area contributed by atoms with Crippen LogP contribution in [0.25, 0.3) is 22.5 Å². The Morgan fingerprint density at radius 3 is 2.38 bits per heavy atom. The molecule has 160 valence electrons. The highest BCUT2D eigenvalue weighted by atomic mass is 19.1. The number of aliphatic hydroxyl groups excluding tert-OH is 1. The zero-order valence-electron chi connectivity index (χ0n) is 17.7. The van der Waals surface area contributed by atoms with Gasteiger partial charge in [-0.15, -0.1) is 0 Å². The van der Waals surface area contributed by atoms with Crippen LogP contribution in [-0.2, 0) is 13.0 Å². The van der Waals surface area contributed by atoms with E-state index in [0.29, 0.717) is 18.8 Å². The molecular formula is C27H24FN3O.